The van der Waals surface area contributed by atoms with Crippen molar-refractivity contribution >= 4 is 21.8 Å². The molecule has 0 N–H and O–H groups in total. The number of nitrogens with zero attached hydrogens (tertiary/aromatic N) is 1. The first-order chi connectivity index (χ1) is 10.6. The van der Waals surface area contributed by atoms with Crippen molar-refractivity contribution in [3.8, 4) is 0 Å². The molecule has 1 nitrogen and oxygen atoms in total. The Hall–Kier alpha value is -1.89. The van der Waals surface area contributed by atoms with Gasteiger partial charge in [0.1, 0.15) is 0 Å². The van der Waals surface area contributed by atoms with Gasteiger partial charge >= 0.3 is 0 Å². The van der Waals surface area contributed by atoms with E-state index < -0.39 is 0 Å². The Kier molecular flexibility index (Phi) is 3.51. The van der Waals surface area contributed by atoms with E-state index in [-0.39, 0.29) is 5.41 Å². The average Bonchev–Trinajstić information content (AvgIpc) is 2.46. The summed E-state index contributed by atoms with van der Waals surface area (Å²) >= 11 is 0. The van der Waals surface area contributed by atoms with Crippen molar-refractivity contribution in [1.82, 2.24) is 4.98 Å². The van der Waals surface area contributed by atoms with Crippen LogP contribution in [0.2, 0.25) is 0 Å². The predicted octanol–water partition coefficient (Wildman–Crippen LogP) is 6.23. The van der Waals surface area contributed by atoms with Gasteiger partial charge in [-0.15, -0.1) is 0 Å². The number of hydrogen-bond acceptors (Lipinski definition) is 1. The topological polar surface area (TPSA) is 12.9 Å². The van der Waals surface area contributed by atoms with Crippen molar-refractivity contribution in [2.45, 2.75) is 60.8 Å². The molecular weight excluding hydrogens is 278 g/mol. The molecule has 3 rings (SSSR count). The number of hydrogen-bond donors (Lipinski definition) is 0. The maximum absolute atomic E-state index is 5.11. The number of aryl methyl sites for hydroxylation is 4. The zero-order valence-electron chi connectivity index (χ0n) is 15.7. The van der Waals surface area contributed by atoms with Crippen LogP contribution in [0.1, 0.15) is 54.2 Å². The molecule has 0 spiro atoms. The van der Waals surface area contributed by atoms with Crippen molar-refractivity contribution < 1.29 is 0 Å². The number of fused-ring (bicyclic) bond motifs is 2. The molecule has 0 aliphatic heterocycles. The van der Waals surface area contributed by atoms with Gasteiger partial charge in [0.15, 0.2) is 0 Å². The number of rotatable bonds is 0. The van der Waals surface area contributed by atoms with Gasteiger partial charge in [-0.1, -0.05) is 32.9 Å². The monoisotopic (exact) mass is 305 g/mol. The van der Waals surface area contributed by atoms with Crippen molar-refractivity contribution in [2.75, 3.05) is 0 Å². The summed E-state index contributed by atoms with van der Waals surface area (Å²) < 4.78 is 0. The van der Waals surface area contributed by atoms with Crippen LogP contribution >= 0.6 is 0 Å². The molecular formula is C22H27N. The summed E-state index contributed by atoms with van der Waals surface area (Å²) in [6, 6.07) is 6.76. The van der Waals surface area contributed by atoms with E-state index in [2.05, 4.69) is 73.6 Å². The van der Waals surface area contributed by atoms with Gasteiger partial charge in [-0.25, -0.2) is 4.98 Å². The fourth-order valence-corrected chi connectivity index (χ4v) is 3.68. The summed E-state index contributed by atoms with van der Waals surface area (Å²) in [4.78, 5) is 5.11. The maximum Gasteiger partial charge on any atom is 0.0744 e. The lowest BCUT2D eigenvalue weighted by Crippen LogP contribution is -2.14. The third-order valence-electron chi connectivity index (χ3n) is 5.21. The minimum Gasteiger partial charge on any atom is -0.247 e. The first-order valence-corrected chi connectivity index (χ1v) is 8.44. The molecule has 120 valence electrons. The predicted molar refractivity (Wildman–Crippen MR) is 102 cm³/mol. The highest BCUT2D eigenvalue weighted by atomic mass is 14.7. The van der Waals surface area contributed by atoms with Gasteiger partial charge in [0.05, 0.1) is 11.0 Å². The summed E-state index contributed by atoms with van der Waals surface area (Å²) in [5.41, 5.74) is 10.4. The second kappa shape index (κ2) is 5.06. The summed E-state index contributed by atoms with van der Waals surface area (Å²) in [6.07, 6.45) is 0. The van der Waals surface area contributed by atoms with Crippen LogP contribution in [0.3, 0.4) is 0 Å². The van der Waals surface area contributed by atoms with E-state index >= 15 is 0 Å². The van der Waals surface area contributed by atoms with Crippen LogP contribution in [0.4, 0.5) is 0 Å². The Bertz CT molecular complexity index is 940. The van der Waals surface area contributed by atoms with E-state index in [1.54, 1.807) is 0 Å². The molecule has 2 aromatic carbocycles. The minimum absolute atomic E-state index is 0.0755. The third kappa shape index (κ3) is 2.34. The first kappa shape index (κ1) is 16.0. The lowest BCUT2D eigenvalue weighted by atomic mass is 9.79. The number of aromatic nitrogens is 1. The largest absolute Gasteiger partial charge is 0.247 e. The molecule has 1 aromatic heterocycles. The molecule has 0 fully saturated rings. The molecule has 0 unspecified atom stereocenters. The summed E-state index contributed by atoms with van der Waals surface area (Å²) in [7, 11) is 0. The molecule has 3 aromatic rings. The number of benzene rings is 2. The van der Waals surface area contributed by atoms with Gasteiger partial charge in [-0.3, -0.25) is 0 Å². The van der Waals surface area contributed by atoms with Crippen LogP contribution in [0, 0.1) is 34.6 Å². The summed E-state index contributed by atoms with van der Waals surface area (Å²) in [5.74, 6) is 0. The van der Waals surface area contributed by atoms with E-state index in [0.29, 0.717) is 0 Å². The Labute approximate surface area is 139 Å². The van der Waals surface area contributed by atoms with E-state index in [0.717, 1.165) is 5.52 Å². The molecule has 0 aliphatic rings. The van der Waals surface area contributed by atoms with Crippen LogP contribution in [0.5, 0.6) is 0 Å². The Morgan fingerprint density at radius 2 is 1.35 bits per heavy atom. The Morgan fingerprint density at radius 3 is 1.96 bits per heavy atom. The smallest absolute Gasteiger partial charge is 0.0744 e. The molecule has 0 saturated heterocycles. The van der Waals surface area contributed by atoms with Crippen LogP contribution in [0.25, 0.3) is 21.8 Å². The summed E-state index contributed by atoms with van der Waals surface area (Å²) in [5, 5.41) is 2.66. The van der Waals surface area contributed by atoms with Gasteiger partial charge in [0, 0.05) is 10.8 Å². The quantitative estimate of drug-likeness (QED) is 0.449. The fraction of sp³-hybridized carbons (Fsp3) is 0.409. The van der Waals surface area contributed by atoms with Crippen LogP contribution in [0.15, 0.2) is 18.2 Å². The van der Waals surface area contributed by atoms with Gasteiger partial charge in [0.2, 0.25) is 0 Å². The van der Waals surface area contributed by atoms with Crippen molar-refractivity contribution in [3.63, 3.8) is 0 Å². The lowest BCUT2D eigenvalue weighted by molar-refractivity contribution is 0.600. The molecule has 0 aliphatic carbocycles. The minimum atomic E-state index is 0.0755. The normalized spacial score (nSPS) is 12.3. The van der Waals surface area contributed by atoms with Crippen molar-refractivity contribution in [3.05, 3.63) is 51.6 Å². The highest BCUT2D eigenvalue weighted by Gasteiger charge is 2.24. The van der Waals surface area contributed by atoms with Crippen molar-refractivity contribution in [1.29, 1.82) is 0 Å². The Balaban J connectivity index is 2.72. The van der Waals surface area contributed by atoms with Gasteiger partial charge in [-0.05, 0) is 79.5 Å². The molecule has 0 bridgehead atoms. The SMILES string of the molecule is Cc1cc2c(C(C)(C)C)c3c(C)ccc(C)c3nc2c(C)c1C. The molecule has 1 heteroatoms. The van der Waals surface area contributed by atoms with Gasteiger partial charge in [0.25, 0.3) is 0 Å². The van der Waals surface area contributed by atoms with Gasteiger partial charge in [-0.2, -0.15) is 0 Å². The maximum atomic E-state index is 5.11. The van der Waals surface area contributed by atoms with Crippen LogP contribution in [-0.2, 0) is 5.41 Å². The molecule has 1 heterocycles. The summed E-state index contributed by atoms with van der Waals surface area (Å²) in [6.45, 7) is 17.9. The van der Waals surface area contributed by atoms with E-state index in [9.17, 15) is 0 Å². The average molecular weight is 305 g/mol. The van der Waals surface area contributed by atoms with Crippen LogP contribution < -0.4 is 0 Å². The molecule has 0 saturated carbocycles. The number of pyridine rings is 1. The first-order valence-electron chi connectivity index (χ1n) is 8.44. The molecule has 0 amide bonds. The highest BCUT2D eigenvalue weighted by molar-refractivity contribution is 6.02. The van der Waals surface area contributed by atoms with E-state index in [4.69, 9.17) is 4.98 Å². The molecule has 0 atom stereocenters. The third-order valence-corrected chi connectivity index (χ3v) is 5.21. The zero-order valence-corrected chi connectivity index (χ0v) is 15.7. The lowest BCUT2D eigenvalue weighted by Gasteiger charge is -2.26. The van der Waals surface area contributed by atoms with Crippen LogP contribution in [-0.4, -0.2) is 4.98 Å². The molecule has 0 radical (unpaired) electrons. The van der Waals surface area contributed by atoms with Gasteiger partial charge < -0.3 is 0 Å². The van der Waals surface area contributed by atoms with E-state index in [1.165, 1.54) is 49.7 Å². The Morgan fingerprint density at radius 1 is 0.739 bits per heavy atom. The zero-order chi connectivity index (χ0) is 17.1. The van der Waals surface area contributed by atoms with Crippen molar-refractivity contribution in [2.24, 2.45) is 0 Å². The second-order valence-corrected chi connectivity index (χ2v) is 8.00. The molecule has 23 heavy (non-hydrogen) atoms. The fourth-order valence-electron chi connectivity index (χ4n) is 3.68. The second-order valence-electron chi connectivity index (χ2n) is 8.00. The highest BCUT2D eigenvalue weighted by Crippen LogP contribution is 2.39. The standard InChI is InChI=1S/C22H27N/c1-12-9-10-13(2)20-18(12)19(22(6,7)8)17-11-14(3)15(4)16(5)21(17)23-20/h9-11H,1-8H3. The van der Waals surface area contributed by atoms with E-state index in [1.807, 2.05) is 0 Å².